The number of fused-ring (bicyclic) bond motifs is 1. The Morgan fingerprint density at radius 2 is 2.33 bits per heavy atom. The average Bonchev–Trinajstić information content (AvgIpc) is 2.51. The summed E-state index contributed by atoms with van der Waals surface area (Å²) in [5.74, 6) is -0.114. The molecule has 1 aliphatic rings. The van der Waals surface area contributed by atoms with Crippen molar-refractivity contribution in [1.29, 1.82) is 0 Å². The van der Waals surface area contributed by atoms with Crippen molar-refractivity contribution < 1.29 is 9.53 Å². The zero-order valence-corrected chi connectivity index (χ0v) is 9.80. The highest BCUT2D eigenvalue weighted by Gasteiger charge is 2.24. The molecule has 2 rings (SSSR count). The van der Waals surface area contributed by atoms with Crippen LogP contribution in [-0.2, 0) is 9.53 Å². The summed E-state index contributed by atoms with van der Waals surface area (Å²) in [7, 11) is 0. The normalized spacial score (nSPS) is 16.4. The molecule has 0 saturated carbocycles. The number of carbonyl (C=O) groups is 1. The van der Waals surface area contributed by atoms with E-state index in [2.05, 4.69) is 21.2 Å². The Balaban J connectivity index is 2.44. The summed E-state index contributed by atoms with van der Waals surface area (Å²) in [6, 6.07) is 5.66. The molecule has 0 spiro atoms. The second-order valence-electron chi connectivity index (χ2n) is 3.13. The molecule has 1 aromatic carbocycles. The van der Waals surface area contributed by atoms with Gasteiger partial charge < -0.3 is 10.1 Å². The fourth-order valence-corrected chi connectivity index (χ4v) is 1.81. The van der Waals surface area contributed by atoms with Gasteiger partial charge in [-0.3, -0.25) is 4.79 Å². The highest BCUT2D eigenvalue weighted by atomic mass is 79.9. The van der Waals surface area contributed by atoms with Crippen LogP contribution in [0.25, 0.3) is 5.57 Å². The van der Waals surface area contributed by atoms with E-state index >= 15 is 0 Å². The number of benzene rings is 1. The maximum Gasteiger partial charge on any atom is 0.259 e. The number of amides is 1. The van der Waals surface area contributed by atoms with Crippen molar-refractivity contribution >= 4 is 33.1 Å². The van der Waals surface area contributed by atoms with E-state index in [4.69, 9.17) is 4.74 Å². The van der Waals surface area contributed by atoms with Crippen molar-refractivity contribution in [2.45, 2.75) is 6.92 Å². The van der Waals surface area contributed by atoms with E-state index in [1.165, 1.54) is 6.26 Å². The SMILES string of the molecule is CCOC=C1C(=O)Nc2ccc(Br)cc21. The Labute approximate surface area is 96.3 Å². The monoisotopic (exact) mass is 267 g/mol. The fraction of sp³-hybridized carbons (Fsp3) is 0.182. The van der Waals surface area contributed by atoms with Gasteiger partial charge in [-0.2, -0.15) is 0 Å². The molecule has 0 fully saturated rings. The van der Waals surface area contributed by atoms with Crippen molar-refractivity contribution in [3.05, 3.63) is 34.5 Å². The number of hydrogen-bond donors (Lipinski definition) is 1. The molecule has 1 aliphatic heterocycles. The Morgan fingerprint density at radius 1 is 1.53 bits per heavy atom. The highest BCUT2D eigenvalue weighted by Crippen LogP contribution is 2.33. The summed E-state index contributed by atoms with van der Waals surface area (Å²) in [5.41, 5.74) is 2.28. The van der Waals surface area contributed by atoms with Crippen LogP contribution < -0.4 is 5.32 Å². The third kappa shape index (κ3) is 1.90. The van der Waals surface area contributed by atoms with Crippen molar-refractivity contribution in [1.82, 2.24) is 0 Å². The van der Waals surface area contributed by atoms with Gasteiger partial charge in [0.2, 0.25) is 0 Å². The number of carbonyl (C=O) groups excluding carboxylic acids is 1. The van der Waals surface area contributed by atoms with Gasteiger partial charge in [0.15, 0.2) is 0 Å². The van der Waals surface area contributed by atoms with Crippen LogP contribution in [0.15, 0.2) is 28.9 Å². The van der Waals surface area contributed by atoms with Gasteiger partial charge in [-0.05, 0) is 25.1 Å². The molecule has 3 nitrogen and oxygen atoms in total. The molecule has 0 aliphatic carbocycles. The number of rotatable bonds is 2. The Hall–Kier alpha value is -1.29. The first-order valence-electron chi connectivity index (χ1n) is 4.65. The lowest BCUT2D eigenvalue weighted by atomic mass is 10.1. The van der Waals surface area contributed by atoms with Gasteiger partial charge >= 0.3 is 0 Å². The molecule has 78 valence electrons. The first-order valence-corrected chi connectivity index (χ1v) is 5.44. The molecular formula is C11H10BrNO2. The van der Waals surface area contributed by atoms with E-state index < -0.39 is 0 Å². The molecule has 0 unspecified atom stereocenters. The summed E-state index contributed by atoms with van der Waals surface area (Å²) in [6.45, 7) is 2.44. The molecule has 1 N–H and O–H groups in total. The van der Waals surface area contributed by atoms with Crippen LogP contribution in [0.5, 0.6) is 0 Å². The molecule has 15 heavy (non-hydrogen) atoms. The van der Waals surface area contributed by atoms with E-state index in [0.717, 1.165) is 15.7 Å². The third-order valence-corrected chi connectivity index (χ3v) is 2.63. The van der Waals surface area contributed by atoms with Crippen molar-refractivity contribution in [3.8, 4) is 0 Å². The molecule has 0 saturated heterocycles. The lowest BCUT2D eigenvalue weighted by molar-refractivity contribution is -0.110. The third-order valence-electron chi connectivity index (χ3n) is 2.13. The van der Waals surface area contributed by atoms with E-state index in [0.29, 0.717) is 12.2 Å². The van der Waals surface area contributed by atoms with Crippen molar-refractivity contribution in [2.24, 2.45) is 0 Å². The van der Waals surface area contributed by atoms with Gasteiger partial charge in [0.1, 0.15) is 0 Å². The first-order chi connectivity index (χ1) is 7.22. The lowest BCUT2D eigenvalue weighted by Crippen LogP contribution is -2.04. The Morgan fingerprint density at radius 3 is 3.07 bits per heavy atom. The highest BCUT2D eigenvalue weighted by molar-refractivity contribution is 9.10. The van der Waals surface area contributed by atoms with Gasteiger partial charge in [0.25, 0.3) is 5.91 Å². The van der Waals surface area contributed by atoms with Crippen molar-refractivity contribution in [2.75, 3.05) is 11.9 Å². The quantitative estimate of drug-likeness (QED) is 0.661. The van der Waals surface area contributed by atoms with Crippen LogP contribution in [-0.4, -0.2) is 12.5 Å². The Bertz CT molecular complexity index is 440. The molecular weight excluding hydrogens is 258 g/mol. The first kappa shape index (κ1) is 10.2. The number of halogens is 1. The summed E-state index contributed by atoms with van der Waals surface area (Å²) in [4.78, 5) is 11.6. The summed E-state index contributed by atoms with van der Waals surface area (Å²) >= 11 is 3.37. The molecule has 0 aromatic heterocycles. The van der Waals surface area contributed by atoms with Crippen LogP contribution in [0.1, 0.15) is 12.5 Å². The smallest absolute Gasteiger partial charge is 0.259 e. The molecule has 1 aromatic rings. The van der Waals surface area contributed by atoms with Gasteiger partial charge in [-0.1, -0.05) is 15.9 Å². The number of anilines is 1. The number of hydrogen-bond acceptors (Lipinski definition) is 2. The standard InChI is InChI=1S/C11H10BrNO2/c1-2-15-6-9-8-5-7(12)3-4-10(8)13-11(9)14/h3-6H,2H2,1H3,(H,13,14). The zero-order valence-electron chi connectivity index (χ0n) is 8.21. The van der Waals surface area contributed by atoms with Crippen LogP contribution in [0.3, 0.4) is 0 Å². The largest absolute Gasteiger partial charge is 0.501 e. The number of ether oxygens (including phenoxy) is 1. The van der Waals surface area contributed by atoms with Gasteiger partial charge in [-0.15, -0.1) is 0 Å². The van der Waals surface area contributed by atoms with E-state index in [1.54, 1.807) is 0 Å². The van der Waals surface area contributed by atoms with E-state index in [9.17, 15) is 4.79 Å². The summed E-state index contributed by atoms with van der Waals surface area (Å²) < 4.78 is 6.09. The Kier molecular flexibility index (Phi) is 2.77. The van der Waals surface area contributed by atoms with Gasteiger partial charge in [0, 0.05) is 15.7 Å². The summed E-state index contributed by atoms with van der Waals surface area (Å²) in [5, 5.41) is 2.78. The zero-order chi connectivity index (χ0) is 10.8. The molecule has 4 heteroatoms. The minimum Gasteiger partial charge on any atom is -0.501 e. The van der Waals surface area contributed by atoms with Crippen LogP contribution in [0.2, 0.25) is 0 Å². The second kappa shape index (κ2) is 4.06. The molecule has 1 amide bonds. The maximum absolute atomic E-state index is 11.6. The number of nitrogens with one attached hydrogen (secondary N) is 1. The molecule has 0 atom stereocenters. The lowest BCUT2D eigenvalue weighted by Gasteiger charge is -1.99. The van der Waals surface area contributed by atoms with Gasteiger partial charge in [0.05, 0.1) is 18.4 Å². The van der Waals surface area contributed by atoms with Crippen LogP contribution in [0.4, 0.5) is 5.69 Å². The minimum atomic E-state index is -0.114. The molecule has 0 bridgehead atoms. The van der Waals surface area contributed by atoms with E-state index in [-0.39, 0.29) is 5.91 Å². The van der Waals surface area contributed by atoms with E-state index in [1.807, 2.05) is 25.1 Å². The molecule has 0 radical (unpaired) electrons. The van der Waals surface area contributed by atoms with Gasteiger partial charge in [-0.25, -0.2) is 0 Å². The topological polar surface area (TPSA) is 38.3 Å². The van der Waals surface area contributed by atoms with Crippen LogP contribution >= 0.6 is 15.9 Å². The van der Waals surface area contributed by atoms with Crippen LogP contribution in [0, 0.1) is 0 Å². The fourth-order valence-electron chi connectivity index (χ4n) is 1.44. The summed E-state index contributed by atoms with van der Waals surface area (Å²) in [6.07, 6.45) is 1.51. The minimum absolute atomic E-state index is 0.114. The van der Waals surface area contributed by atoms with Crippen molar-refractivity contribution in [3.63, 3.8) is 0 Å². The average molecular weight is 268 g/mol. The predicted octanol–water partition coefficient (Wildman–Crippen LogP) is 2.78. The predicted molar refractivity (Wildman–Crippen MR) is 62.4 cm³/mol. The second-order valence-corrected chi connectivity index (χ2v) is 4.05. The molecule has 1 heterocycles. The maximum atomic E-state index is 11.6.